The van der Waals surface area contributed by atoms with Crippen molar-refractivity contribution in [1.29, 1.82) is 0 Å². The van der Waals surface area contributed by atoms with E-state index in [4.69, 9.17) is 5.73 Å². The molecule has 1 atom stereocenters. The van der Waals surface area contributed by atoms with Crippen LogP contribution in [0.4, 0.5) is 0 Å². The summed E-state index contributed by atoms with van der Waals surface area (Å²) < 4.78 is 32.0. The van der Waals surface area contributed by atoms with Gasteiger partial charge in [-0.25, -0.2) is 0 Å². The lowest BCUT2D eigenvalue weighted by atomic mass is 10.1. The van der Waals surface area contributed by atoms with Gasteiger partial charge in [-0.1, -0.05) is 6.42 Å². The fourth-order valence-electron chi connectivity index (χ4n) is 2.16. The zero-order valence-electron chi connectivity index (χ0n) is 11.9. The van der Waals surface area contributed by atoms with Crippen molar-refractivity contribution in [2.75, 3.05) is 33.8 Å². The standard InChI is InChI=1S/C11H23N3O4S.ClH/c1-13(8-6-11(15)18-2)19(16,17)14-7-4-3-5-10(14)9-12;/h10H,3-9,12H2,1-2H3;1H. The number of halogens is 1. The third kappa shape index (κ3) is 4.85. The van der Waals surface area contributed by atoms with E-state index in [1.54, 1.807) is 0 Å². The summed E-state index contributed by atoms with van der Waals surface area (Å²) in [5.74, 6) is -0.420. The molecule has 1 aliphatic rings. The number of ether oxygens (including phenoxy) is 1. The molecule has 1 fully saturated rings. The summed E-state index contributed by atoms with van der Waals surface area (Å²) in [6, 6.07) is -0.140. The van der Waals surface area contributed by atoms with Crippen LogP contribution in [0.5, 0.6) is 0 Å². The van der Waals surface area contributed by atoms with Gasteiger partial charge in [-0.05, 0) is 12.8 Å². The normalized spacial score (nSPS) is 20.5. The summed E-state index contributed by atoms with van der Waals surface area (Å²) in [6.07, 6.45) is 2.69. The predicted molar refractivity (Wildman–Crippen MR) is 78.8 cm³/mol. The number of carbonyl (C=O) groups excluding carboxylic acids is 1. The van der Waals surface area contributed by atoms with Crippen LogP contribution in [-0.4, -0.2) is 62.8 Å². The van der Waals surface area contributed by atoms with Crippen LogP contribution >= 0.6 is 12.4 Å². The molecular weight excluding hydrogens is 306 g/mol. The third-order valence-electron chi connectivity index (χ3n) is 3.39. The highest BCUT2D eigenvalue weighted by molar-refractivity contribution is 7.86. The summed E-state index contributed by atoms with van der Waals surface area (Å²) in [4.78, 5) is 11.1. The van der Waals surface area contributed by atoms with Crippen molar-refractivity contribution >= 4 is 28.6 Å². The number of carbonyl (C=O) groups is 1. The first-order chi connectivity index (χ1) is 8.93. The Kier molecular flexibility index (Phi) is 8.60. The van der Waals surface area contributed by atoms with E-state index < -0.39 is 16.2 Å². The van der Waals surface area contributed by atoms with Gasteiger partial charge >= 0.3 is 5.97 Å². The van der Waals surface area contributed by atoms with Crippen LogP contribution < -0.4 is 5.73 Å². The first-order valence-electron chi connectivity index (χ1n) is 6.43. The lowest BCUT2D eigenvalue weighted by molar-refractivity contribution is -0.140. The number of nitrogens with zero attached hydrogens (tertiary/aromatic N) is 2. The SMILES string of the molecule is COC(=O)CCN(C)S(=O)(=O)N1CCCCC1CN.Cl. The molecular formula is C11H24ClN3O4S. The molecule has 0 radical (unpaired) electrons. The molecule has 9 heteroatoms. The van der Waals surface area contributed by atoms with E-state index in [9.17, 15) is 13.2 Å². The van der Waals surface area contributed by atoms with E-state index >= 15 is 0 Å². The maximum Gasteiger partial charge on any atom is 0.306 e. The van der Waals surface area contributed by atoms with Crippen molar-refractivity contribution in [2.45, 2.75) is 31.7 Å². The van der Waals surface area contributed by atoms with Crippen LogP contribution in [0.15, 0.2) is 0 Å². The van der Waals surface area contributed by atoms with Gasteiger partial charge in [0.1, 0.15) is 0 Å². The number of nitrogens with two attached hydrogens (primary N) is 1. The molecule has 0 saturated carbocycles. The molecule has 1 heterocycles. The molecule has 0 aromatic carbocycles. The van der Waals surface area contributed by atoms with Crippen LogP contribution in [0.1, 0.15) is 25.7 Å². The van der Waals surface area contributed by atoms with E-state index in [1.165, 1.54) is 22.8 Å². The summed E-state index contributed by atoms with van der Waals surface area (Å²) in [6.45, 7) is 0.930. The molecule has 1 rings (SSSR count). The maximum absolute atomic E-state index is 12.4. The highest BCUT2D eigenvalue weighted by Gasteiger charge is 2.34. The zero-order chi connectivity index (χ0) is 14.5. The predicted octanol–water partition coefficient (Wildman–Crippen LogP) is -0.0389. The highest BCUT2D eigenvalue weighted by atomic mass is 35.5. The number of piperidine rings is 1. The second kappa shape index (κ2) is 8.78. The lowest BCUT2D eigenvalue weighted by Gasteiger charge is -2.36. The van der Waals surface area contributed by atoms with Crippen molar-refractivity contribution in [2.24, 2.45) is 5.73 Å². The third-order valence-corrected chi connectivity index (χ3v) is 5.44. The Balaban J connectivity index is 0.00000361. The van der Waals surface area contributed by atoms with Crippen LogP contribution in [0.2, 0.25) is 0 Å². The number of esters is 1. The molecule has 0 aliphatic carbocycles. The Labute approximate surface area is 127 Å². The lowest BCUT2D eigenvalue weighted by Crippen LogP contribution is -2.52. The van der Waals surface area contributed by atoms with Gasteiger partial charge in [0.2, 0.25) is 0 Å². The summed E-state index contributed by atoms with van der Waals surface area (Å²) >= 11 is 0. The first kappa shape index (κ1) is 19.6. The van der Waals surface area contributed by atoms with Gasteiger partial charge in [0, 0.05) is 32.7 Å². The number of rotatable bonds is 6. The van der Waals surface area contributed by atoms with Gasteiger partial charge in [0.15, 0.2) is 0 Å². The number of methoxy groups -OCH3 is 1. The molecule has 20 heavy (non-hydrogen) atoms. The average Bonchev–Trinajstić information content (AvgIpc) is 2.43. The Morgan fingerprint density at radius 3 is 2.65 bits per heavy atom. The largest absolute Gasteiger partial charge is 0.469 e. The van der Waals surface area contributed by atoms with Gasteiger partial charge in [-0.2, -0.15) is 17.0 Å². The van der Waals surface area contributed by atoms with E-state index in [2.05, 4.69) is 4.74 Å². The Bertz CT molecular complexity index is 404. The van der Waals surface area contributed by atoms with Crippen molar-refractivity contribution in [3.8, 4) is 0 Å². The number of hydrogen-bond donors (Lipinski definition) is 1. The van der Waals surface area contributed by atoms with Crippen LogP contribution in [0.25, 0.3) is 0 Å². The Hall–Kier alpha value is -0.410. The van der Waals surface area contributed by atoms with Crippen molar-refractivity contribution in [1.82, 2.24) is 8.61 Å². The molecule has 0 spiro atoms. The van der Waals surface area contributed by atoms with Gasteiger partial charge in [-0.3, -0.25) is 4.79 Å². The molecule has 2 N–H and O–H groups in total. The fraction of sp³-hybridized carbons (Fsp3) is 0.909. The molecule has 7 nitrogen and oxygen atoms in total. The van der Waals surface area contributed by atoms with Crippen LogP contribution in [0, 0.1) is 0 Å². The maximum atomic E-state index is 12.4. The minimum atomic E-state index is -3.55. The molecule has 120 valence electrons. The fourth-order valence-corrected chi connectivity index (χ4v) is 3.77. The molecule has 1 aliphatic heterocycles. The van der Waals surface area contributed by atoms with E-state index in [0.717, 1.165) is 19.3 Å². The molecule has 1 saturated heterocycles. The van der Waals surface area contributed by atoms with Crippen LogP contribution in [-0.2, 0) is 19.7 Å². The minimum Gasteiger partial charge on any atom is -0.469 e. The Morgan fingerprint density at radius 1 is 1.45 bits per heavy atom. The van der Waals surface area contributed by atoms with E-state index in [-0.39, 0.29) is 31.4 Å². The summed E-state index contributed by atoms with van der Waals surface area (Å²) in [7, 11) is -0.792. The van der Waals surface area contributed by atoms with Gasteiger partial charge < -0.3 is 10.5 Å². The monoisotopic (exact) mass is 329 g/mol. The first-order valence-corrected chi connectivity index (χ1v) is 7.83. The van der Waals surface area contributed by atoms with Crippen molar-refractivity contribution in [3.05, 3.63) is 0 Å². The molecule has 1 unspecified atom stereocenters. The topological polar surface area (TPSA) is 92.9 Å². The van der Waals surface area contributed by atoms with Gasteiger partial charge in [0.05, 0.1) is 13.5 Å². The Morgan fingerprint density at radius 2 is 2.10 bits per heavy atom. The van der Waals surface area contributed by atoms with Crippen LogP contribution in [0.3, 0.4) is 0 Å². The van der Waals surface area contributed by atoms with Crippen molar-refractivity contribution in [3.63, 3.8) is 0 Å². The van der Waals surface area contributed by atoms with Gasteiger partial charge in [0.25, 0.3) is 10.2 Å². The highest BCUT2D eigenvalue weighted by Crippen LogP contribution is 2.21. The molecule has 0 amide bonds. The zero-order valence-corrected chi connectivity index (χ0v) is 13.6. The average molecular weight is 330 g/mol. The number of hydrogen-bond acceptors (Lipinski definition) is 5. The quantitative estimate of drug-likeness (QED) is 0.690. The minimum absolute atomic E-state index is 0. The molecule has 0 bridgehead atoms. The summed E-state index contributed by atoms with van der Waals surface area (Å²) in [5, 5.41) is 0. The van der Waals surface area contributed by atoms with E-state index in [1.807, 2.05) is 0 Å². The summed E-state index contributed by atoms with van der Waals surface area (Å²) in [5.41, 5.74) is 5.64. The smallest absolute Gasteiger partial charge is 0.306 e. The van der Waals surface area contributed by atoms with E-state index in [0.29, 0.717) is 13.1 Å². The second-order valence-corrected chi connectivity index (χ2v) is 6.64. The molecule has 0 aromatic heterocycles. The van der Waals surface area contributed by atoms with Gasteiger partial charge in [-0.15, -0.1) is 12.4 Å². The molecule has 0 aromatic rings. The second-order valence-electron chi connectivity index (χ2n) is 4.65. The van der Waals surface area contributed by atoms with Crippen molar-refractivity contribution < 1.29 is 17.9 Å².